The molecule has 1 unspecified atom stereocenters. The molecule has 2 amide bonds. The molecule has 0 fully saturated rings. The maximum atomic E-state index is 11.6. The molecule has 1 aromatic rings. The summed E-state index contributed by atoms with van der Waals surface area (Å²) >= 11 is 0. The van der Waals surface area contributed by atoms with E-state index >= 15 is 0 Å². The standard InChI is InChI=1S/C12H19N5O3/c1-4-8-9(5-2)16-17-11(14-8)15-12(20)13-6-7(3)10(18)19/h7H,4-6H2,1-3H3,(H,18,19)(H2,13,14,15,17,20). The van der Waals surface area contributed by atoms with Crippen LogP contribution in [0.4, 0.5) is 10.7 Å². The zero-order valence-corrected chi connectivity index (χ0v) is 11.8. The summed E-state index contributed by atoms with van der Waals surface area (Å²) in [4.78, 5) is 26.4. The minimum Gasteiger partial charge on any atom is -0.481 e. The van der Waals surface area contributed by atoms with Gasteiger partial charge in [0.2, 0.25) is 0 Å². The Kier molecular flexibility index (Phi) is 5.82. The van der Waals surface area contributed by atoms with Crippen LogP contribution in [0.15, 0.2) is 0 Å². The van der Waals surface area contributed by atoms with Gasteiger partial charge in [0, 0.05) is 6.54 Å². The topological polar surface area (TPSA) is 117 Å². The Bertz CT molecular complexity index is 492. The second-order valence-corrected chi connectivity index (χ2v) is 4.31. The zero-order valence-electron chi connectivity index (χ0n) is 11.8. The number of aliphatic carboxylic acids is 1. The number of aromatic nitrogens is 3. The molecule has 1 rings (SSSR count). The van der Waals surface area contributed by atoms with Crippen LogP contribution in [0.1, 0.15) is 32.2 Å². The average Bonchev–Trinajstić information content (AvgIpc) is 2.44. The molecule has 0 aliphatic rings. The number of carboxylic acid groups (broad SMARTS) is 1. The minimum atomic E-state index is -0.969. The summed E-state index contributed by atoms with van der Waals surface area (Å²) in [7, 11) is 0. The van der Waals surface area contributed by atoms with Crippen LogP contribution < -0.4 is 10.6 Å². The first-order valence-electron chi connectivity index (χ1n) is 6.48. The van der Waals surface area contributed by atoms with E-state index in [1.54, 1.807) is 0 Å². The Labute approximate surface area is 117 Å². The monoisotopic (exact) mass is 281 g/mol. The van der Waals surface area contributed by atoms with Crippen molar-refractivity contribution in [2.75, 3.05) is 11.9 Å². The van der Waals surface area contributed by atoms with Gasteiger partial charge in [-0.3, -0.25) is 10.1 Å². The molecular formula is C12H19N5O3. The predicted octanol–water partition coefficient (Wildman–Crippen LogP) is 0.839. The van der Waals surface area contributed by atoms with Gasteiger partial charge < -0.3 is 10.4 Å². The summed E-state index contributed by atoms with van der Waals surface area (Å²) in [5, 5.41) is 21.4. The fourth-order valence-corrected chi connectivity index (χ4v) is 1.47. The van der Waals surface area contributed by atoms with E-state index in [0.717, 1.165) is 17.8 Å². The smallest absolute Gasteiger partial charge is 0.321 e. The lowest BCUT2D eigenvalue weighted by Gasteiger charge is -2.10. The van der Waals surface area contributed by atoms with Crippen molar-refractivity contribution in [3.8, 4) is 0 Å². The molecule has 20 heavy (non-hydrogen) atoms. The molecule has 0 bridgehead atoms. The van der Waals surface area contributed by atoms with Crippen molar-refractivity contribution in [3.63, 3.8) is 0 Å². The minimum absolute atomic E-state index is 0.0300. The maximum absolute atomic E-state index is 11.6. The van der Waals surface area contributed by atoms with E-state index in [2.05, 4.69) is 25.8 Å². The lowest BCUT2D eigenvalue weighted by atomic mass is 10.2. The van der Waals surface area contributed by atoms with E-state index < -0.39 is 17.9 Å². The highest BCUT2D eigenvalue weighted by molar-refractivity contribution is 5.87. The molecule has 1 atom stereocenters. The number of carbonyl (C=O) groups excluding carboxylic acids is 1. The zero-order chi connectivity index (χ0) is 15.1. The molecule has 1 aromatic heterocycles. The molecule has 8 heteroatoms. The summed E-state index contributed by atoms with van der Waals surface area (Å²) in [6.45, 7) is 5.44. The highest BCUT2D eigenvalue weighted by Crippen LogP contribution is 2.06. The number of nitrogens with zero attached hydrogens (tertiary/aromatic N) is 3. The van der Waals surface area contributed by atoms with Crippen molar-refractivity contribution < 1.29 is 14.7 Å². The molecule has 3 N–H and O–H groups in total. The lowest BCUT2D eigenvalue weighted by molar-refractivity contribution is -0.140. The fourth-order valence-electron chi connectivity index (χ4n) is 1.47. The number of rotatable bonds is 6. The van der Waals surface area contributed by atoms with Gasteiger partial charge in [-0.1, -0.05) is 20.8 Å². The number of aryl methyl sites for hydroxylation is 2. The highest BCUT2D eigenvalue weighted by atomic mass is 16.4. The number of carboxylic acids is 1. The summed E-state index contributed by atoms with van der Waals surface area (Å²) in [6.07, 6.45) is 1.43. The maximum Gasteiger partial charge on any atom is 0.321 e. The first-order valence-corrected chi connectivity index (χ1v) is 6.48. The second-order valence-electron chi connectivity index (χ2n) is 4.31. The number of urea groups is 1. The highest BCUT2D eigenvalue weighted by Gasteiger charge is 2.13. The molecule has 8 nitrogen and oxygen atoms in total. The van der Waals surface area contributed by atoms with Gasteiger partial charge >= 0.3 is 12.0 Å². The number of hydrogen-bond donors (Lipinski definition) is 3. The number of anilines is 1. The summed E-state index contributed by atoms with van der Waals surface area (Å²) < 4.78 is 0. The SMILES string of the molecule is CCc1nnc(NC(=O)NCC(C)C(=O)O)nc1CC. The van der Waals surface area contributed by atoms with Crippen LogP contribution in [0.25, 0.3) is 0 Å². The Hall–Kier alpha value is -2.25. The van der Waals surface area contributed by atoms with E-state index in [0.29, 0.717) is 6.42 Å². The van der Waals surface area contributed by atoms with Crippen LogP contribution in [0.3, 0.4) is 0 Å². The van der Waals surface area contributed by atoms with E-state index in [4.69, 9.17) is 5.11 Å². The molecule has 0 aliphatic heterocycles. The number of carbonyl (C=O) groups is 2. The van der Waals surface area contributed by atoms with E-state index in [-0.39, 0.29) is 12.5 Å². The first-order chi connectivity index (χ1) is 9.47. The Morgan fingerprint density at radius 3 is 2.40 bits per heavy atom. The van der Waals surface area contributed by atoms with Crippen molar-refractivity contribution in [1.29, 1.82) is 0 Å². The van der Waals surface area contributed by atoms with Crippen LogP contribution in [0.2, 0.25) is 0 Å². The van der Waals surface area contributed by atoms with Gasteiger partial charge in [-0.25, -0.2) is 9.78 Å². The Balaban J connectivity index is 2.60. The first kappa shape index (κ1) is 15.8. The van der Waals surface area contributed by atoms with Crippen molar-refractivity contribution in [3.05, 3.63) is 11.4 Å². The fraction of sp³-hybridized carbons (Fsp3) is 0.583. The van der Waals surface area contributed by atoms with Gasteiger partial charge in [0.05, 0.1) is 17.3 Å². The number of amides is 2. The van der Waals surface area contributed by atoms with Gasteiger partial charge in [-0.2, -0.15) is 0 Å². The summed E-state index contributed by atoms with van der Waals surface area (Å²) in [6, 6.07) is -0.550. The Morgan fingerprint density at radius 2 is 1.85 bits per heavy atom. The molecule has 1 heterocycles. The van der Waals surface area contributed by atoms with Crippen molar-refractivity contribution in [1.82, 2.24) is 20.5 Å². The molecular weight excluding hydrogens is 262 g/mol. The van der Waals surface area contributed by atoms with Crippen LogP contribution >= 0.6 is 0 Å². The van der Waals surface area contributed by atoms with Crippen LogP contribution in [0, 0.1) is 5.92 Å². The van der Waals surface area contributed by atoms with Gasteiger partial charge in [0.1, 0.15) is 0 Å². The number of nitrogens with one attached hydrogen (secondary N) is 2. The van der Waals surface area contributed by atoms with Crippen molar-refractivity contribution in [2.45, 2.75) is 33.6 Å². The second kappa shape index (κ2) is 7.37. The van der Waals surface area contributed by atoms with Gasteiger partial charge in [-0.05, 0) is 12.8 Å². The third-order valence-electron chi connectivity index (χ3n) is 2.72. The Morgan fingerprint density at radius 1 is 1.20 bits per heavy atom. The van der Waals surface area contributed by atoms with Gasteiger partial charge in [0.25, 0.3) is 5.95 Å². The predicted molar refractivity (Wildman–Crippen MR) is 72.4 cm³/mol. The quantitative estimate of drug-likeness (QED) is 0.711. The summed E-state index contributed by atoms with van der Waals surface area (Å²) in [5.41, 5.74) is 1.59. The van der Waals surface area contributed by atoms with E-state index in [1.165, 1.54) is 6.92 Å². The molecule has 0 saturated heterocycles. The normalized spacial score (nSPS) is 11.8. The summed E-state index contributed by atoms with van der Waals surface area (Å²) in [5.74, 6) is -1.52. The molecule has 0 saturated carbocycles. The molecule has 0 radical (unpaired) electrons. The van der Waals surface area contributed by atoms with Gasteiger partial charge in [0.15, 0.2) is 0 Å². The van der Waals surface area contributed by atoms with Crippen LogP contribution in [-0.2, 0) is 17.6 Å². The molecule has 0 aliphatic carbocycles. The third-order valence-corrected chi connectivity index (χ3v) is 2.72. The van der Waals surface area contributed by atoms with Crippen LogP contribution in [-0.4, -0.2) is 38.8 Å². The van der Waals surface area contributed by atoms with E-state index in [9.17, 15) is 9.59 Å². The van der Waals surface area contributed by atoms with Crippen molar-refractivity contribution >= 4 is 17.9 Å². The lowest BCUT2D eigenvalue weighted by Crippen LogP contribution is -2.35. The molecule has 110 valence electrons. The largest absolute Gasteiger partial charge is 0.481 e. The third kappa shape index (κ3) is 4.45. The molecule has 0 aromatic carbocycles. The average molecular weight is 281 g/mol. The van der Waals surface area contributed by atoms with E-state index in [1.807, 2.05) is 13.8 Å². The molecule has 0 spiro atoms. The number of hydrogen-bond acceptors (Lipinski definition) is 5. The van der Waals surface area contributed by atoms with Crippen molar-refractivity contribution in [2.24, 2.45) is 5.92 Å². The van der Waals surface area contributed by atoms with Gasteiger partial charge in [-0.15, -0.1) is 10.2 Å². The van der Waals surface area contributed by atoms with Crippen LogP contribution in [0.5, 0.6) is 0 Å².